The van der Waals surface area contributed by atoms with Gasteiger partial charge in [-0.1, -0.05) is 0 Å². The van der Waals surface area contributed by atoms with Crippen LogP contribution in [0.2, 0.25) is 0 Å². The number of nitrogens with one attached hydrogen (secondary N) is 2. The van der Waals surface area contributed by atoms with Gasteiger partial charge in [-0.3, -0.25) is 10.1 Å². The van der Waals surface area contributed by atoms with E-state index < -0.39 is 25.5 Å². The minimum atomic E-state index is -4.12. The van der Waals surface area contributed by atoms with Crippen molar-refractivity contribution >= 4 is 21.7 Å². The summed E-state index contributed by atoms with van der Waals surface area (Å²) in [6.45, 7) is 0. The van der Waals surface area contributed by atoms with Gasteiger partial charge in [0.05, 0.1) is 18.1 Å². The van der Waals surface area contributed by atoms with Gasteiger partial charge in [-0.25, -0.2) is 18.1 Å². The number of anilines is 1. The molecular formula is C10H10N4O5S. The Labute approximate surface area is 113 Å². The lowest BCUT2D eigenvalue weighted by molar-refractivity contribution is -0.387. The van der Waals surface area contributed by atoms with E-state index >= 15 is 0 Å². The molecule has 1 heterocycles. The number of rotatable bonds is 5. The van der Waals surface area contributed by atoms with Gasteiger partial charge in [0.2, 0.25) is 5.95 Å². The van der Waals surface area contributed by atoms with Gasteiger partial charge in [-0.2, -0.15) is 0 Å². The third kappa shape index (κ3) is 2.69. The molecule has 2 N–H and O–H groups in total. The number of nitrogens with zero attached hydrogens (tertiary/aromatic N) is 2. The first-order chi connectivity index (χ1) is 9.44. The highest BCUT2D eigenvalue weighted by atomic mass is 32.2. The summed E-state index contributed by atoms with van der Waals surface area (Å²) in [5.74, 6) is 0.156. The number of ether oxygens (including phenoxy) is 1. The fourth-order valence-corrected chi connectivity index (χ4v) is 2.63. The van der Waals surface area contributed by atoms with Crippen molar-refractivity contribution in [3.05, 3.63) is 40.7 Å². The fraction of sp³-hybridized carbons (Fsp3) is 0.100. The SMILES string of the molecule is COc1ccc(S(=O)(=O)Nc2ncc[nH]2)c([N+](=O)[O-])c1. The minimum Gasteiger partial charge on any atom is -0.497 e. The summed E-state index contributed by atoms with van der Waals surface area (Å²) in [7, 11) is -2.80. The number of hydrogen-bond donors (Lipinski definition) is 2. The van der Waals surface area contributed by atoms with E-state index in [1.165, 1.54) is 25.6 Å². The molecule has 0 saturated carbocycles. The molecule has 2 aromatic rings. The van der Waals surface area contributed by atoms with Crippen LogP contribution in [0.1, 0.15) is 0 Å². The van der Waals surface area contributed by atoms with E-state index in [0.717, 1.165) is 12.1 Å². The zero-order valence-corrected chi connectivity index (χ0v) is 11.0. The number of nitro benzene ring substituents is 1. The summed E-state index contributed by atoms with van der Waals surface area (Å²) in [6.07, 6.45) is 2.76. The number of aromatic nitrogens is 2. The van der Waals surface area contributed by atoms with Gasteiger partial charge in [0, 0.05) is 12.4 Å². The van der Waals surface area contributed by atoms with Crippen LogP contribution in [0, 0.1) is 10.1 Å². The highest BCUT2D eigenvalue weighted by Crippen LogP contribution is 2.29. The Morgan fingerprint density at radius 3 is 2.75 bits per heavy atom. The summed E-state index contributed by atoms with van der Waals surface area (Å²) in [5, 5.41) is 11.0. The van der Waals surface area contributed by atoms with Crippen LogP contribution >= 0.6 is 0 Å². The molecule has 0 unspecified atom stereocenters. The zero-order valence-electron chi connectivity index (χ0n) is 10.2. The molecule has 0 amide bonds. The molecule has 2 rings (SSSR count). The van der Waals surface area contributed by atoms with E-state index in [0.29, 0.717) is 0 Å². The third-order valence-electron chi connectivity index (χ3n) is 2.38. The van der Waals surface area contributed by atoms with Crippen LogP contribution in [-0.4, -0.2) is 30.4 Å². The summed E-state index contributed by atoms with van der Waals surface area (Å²) in [4.78, 5) is 15.9. The van der Waals surface area contributed by atoms with Gasteiger partial charge in [0.1, 0.15) is 5.75 Å². The van der Waals surface area contributed by atoms with E-state index in [4.69, 9.17) is 4.74 Å². The van der Waals surface area contributed by atoms with E-state index in [1.807, 2.05) is 0 Å². The quantitative estimate of drug-likeness (QED) is 0.629. The molecule has 1 aromatic carbocycles. The van der Waals surface area contributed by atoms with Crippen molar-refractivity contribution in [2.75, 3.05) is 11.8 Å². The maximum atomic E-state index is 12.1. The van der Waals surface area contributed by atoms with E-state index in [2.05, 4.69) is 14.7 Å². The number of hydrogen-bond acceptors (Lipinski definition) is 6. The predicted octanol–water partition coefficient (Wildman–Crippen LogP) is 1.13. The number of methoxy groups -OCH3 is 1. The number of nitro groups is 1. The summed E-state index contributed by atoms with van der Waals surface area (Å²) in [5.41, 5.74) is -0.580. The van der Waals surface area contributed by atoms with Crippen molar-refractivity contribution < 1.29 is 18.1 Å². The van der Waals surface area contributed by atoms with E-state index in [-0.39, 0.29) is 11.7 Å². The summed E-state index contributed by atoms with van der Waals surface area (Å²) < 4.78 is 31.2. The van der Waals surface area contributed by atoms with Gasteiger partial charge in [-0.05, 0) is 12.1 Å². The van der Waals surface area contributed by atoms with Gasteiger partial charge in [-0.15, -0.1) is 0 Å². The number of H-pyrrole nitrogens is 1. The van der Waals surface area contributed by atoms with Crippen LogP contribution in [0.4, 0.5) is 11.6 Å². The van der Waals surface area contributed by atoms with Gasteiger partial charge >= 0.3 is 0 Å². The Kier molecular flexibility index (Phi) is 3.57. The molecule has 0 atom stereocenters. The first-order valence-electron chi connectivity index (χ1n) is 5.28. The van der Waals surface area contributed by atoms with Gasteiger partial charge < -0.3 is 9.72 Å². The molecule has 0 bridgehead atoms. The van der Waals surface area contributed by atoms with E-state index in [1.54, 1.807) is 0 Å². The highest BCUT2D eigenvalue weighted by molar-refractivity contribution is 7.92. The predicted molar refractivity (Wildman–Crippen MR) is 69.0 cm³/mol. The lowest BCUT2D eigenvalue weighted by atomic mass is 10.3. The highest BCUT2D eigenvalue weighted by Gasteiger charge is 2.27. The number of sulfonamides is 1. The number of aromatic amines is 1. The van der Waals surface area contributed by atoms with Crippen molar-refractivity contribution in [3.8, 4) is 5.75 Å². The maximum absolute atomic E-state index is 12.1. The molecule has 0 saturated heterocycles. The number of imidazole rings is 1. The lowest BCUT2D eigenvalue weighted by Crippen LogP contribution is -2.15. The van der Waals surface area contributed by atoms with Crippen LogP contribution in [0.5, 0.6) is 5.75 Å². The number of benzene rings is 1. The average Bonchev–Trinajstić information content (AvgIpc) is 2.90. The molecule has 0 aliphatic heterocycles. The minimum absolute atomic E-state index is 0.0323. The first-order valence-corrected chi connectivity index (χ1v) is 6.77. The molecule has 0 fully saturated rings. The third-order valence-corrected chi connectivity index (χ3v) is 3.77. The molecule has 106 valence electrons. The van der Waals surface area contributed by atoms with Crippen molar-refractivity contribution in [3.63, 3.8) is 0 Å². The molecular weight excluding hydrogens is 288 g/mol. The molecule has 0 aliphatic carbocycles. The Bertz CT molecular complexity index is 726. The monoisotopic (exact) mass is 298 g/mol. The summed E-state index contributed by atoms with van der Waals surface area (Å²) in [6, 6.07) is 3.46. The molecule has 1 aromatic heterocycles. The molecule has 0 aliphatic rings. The van der Waals surface area contributed by atoms with Gasteiger partial charge in [0.15, 0.2) is 4.90 Å². The van der Waals surface area contributed by atoms with Gasteiger partial charge in [0.25, 0.3) is 15.7 Å². The molecule has 0 radical (unpaired) electrons. The average molecular weight is 298 g/mol. The molecule has 20 heavy (non-hydrogen) atoms. The van der Waals surface area contributed by atoms with Crippen LogP contribution in [0.15, 0.2) is 35.5 Å². The van der Waals surface area contributed by atoms with E-state index in [9.17, 15) is 18.5 Å². The summed E-state index contributed by atoms with van der Waals surface area (Å²) >= 11 is 0. The van der Waals surface area contributed by atoms with Crippen molar-refractivity contribution in [2.24, 2.45) is 0 Å². The van der Waals surface area contributed by atoms with Crippen LogP contribution in [0.3, 0.4) is 0 Å². The molecule has 10 heteroatoms. The van der Waals surface area contributed by atoms with Crippen molar-refractivity contribution in [2.45, 2.75) is 4.90 Å². The second kappa shape index (κ2) is 5.17. The smallest absolute Gasteiger partial charge is 0.293 e. The second-order valence-electron chi connectivity index (χ2n) is 3.63. The largest absolute Gasteiger partial charge is 0.497 e. The maximum Gasteiger partial charge on any atom is 0.293 e. The second-order valence-corrected chi connectivity index (χ2v) is 5.28. The van der Waals surface area contributed by atoms with Crippen molar-refractivity contribution in [1.82, 2.24) is 9.97 Å². The lowest BCUT2D eigenvalue weighted by Gasteiger charge is -2.07. The molecule has 9 nitrogen and oxygen atoms in total. The Hall–Kier alpha value is -2.62. The fourth-order valence-electron chi connectivity index (χ4n) is 1.50. The van der Waals surface area contributed by atoms with Crippen LogP contribution in [0.25, 0.3) is 0 Å². The Morgan fingerprint density at radius 1 is 1.45 bits per heavy atom. The first kappa shape index (κ1) is 13.8. The zero-order chi connectivity index (χ0) is 14.8. The van der Waals surface area contributed by atoms with Crippen LogP contribution in [-0.2, 0) is 10.0 Å². The molecule has 0 spiro atoms. The normalized spacial score (nSPS) is 11.1. The Morgan fingerprint density at radius 2 is 2.20 bits per heavy atom. The van der Waals surface area contributed by atoms with Crippen LogP contribution < -0.4 is 9.46 Å². The topological polar surface area (TPSA) is 127 Å². The standard InChI is InChI=1S/C10H10N4O5S/c1-19-7-2-3-9(8(6-7)14(15)16)20(17,18)13-10-11-4-5-12-10/h2-6H,1H3,(H2,11,12,13). The Balaban J connectivity index is 2.48. The van der Waals surface area contributed by atoms with Crippen molar-refractivity contribution in [1.29, 1.82) is 0 Å².